The number of carbonyl (C=O) groups excluding carboxylic acids is 1. The smallest absolute Gasteiger partial charge is 0.345 e. The van der Waals surface area contributed by atoms with Crippen molar-refractivity contribution in [1.29, 1.82) is 0 Å². The Morgan fingerprint density at radius 1 is 1.30 bits per heavy atom. The molecule has 2 rings (SSSR count). The largest absolute Gasteiger partial charge is 0.477 e. The fraction of sp³-hybridized carbons (Fsp3) is 0.308. The van der Waals surface area contributed by atoms with E-state index in [-0.39, 0.29) is 10.8 Å². The highest BCUT2D eigenvalue weighted by atomic mass is 32.1. The van der Waals surface area contributed by atoms with Crippen LogP contribution in [0.1, 0.15) is 36.2 Å². The standard InChI is InChI=1S/C13H14N2O3S2/c1-2-8-7-15-11(19-8)5-6-14-12(16)9-3-4-10(20-9)13(17)18/h3-4,7H,2,5-6H2,1H3,(H,14,16)(H,17,18). The number of aromatic carboxylic acids is 1. The number of carbonyl (C=O) groups is 2. The number of nitrogens with one attached hydrogen (secondary N) is 1. The molecular weight excluding hydrogens is 296 g/mol. The van der Waals surface area contributed by atoms with Gasteiger partial charge in [-0.15, -0.1) is 22.7 Å². The third kappa shape index (κ3) is 3.64. The number of thiophene rings is 1. The predicted molar refractivity (Wildman–Crippen MR) is 78.8 cm³/mol. The lowest BCUT2D eigenvalue weighted by atomic mass is 10.4. The van der Waals surface area contributed by atoms with Gasteiger partial charge in [0.05, 0.1) is 9.88 Å². The van der Waals surface area contributed by atoms with E-state index in [0.29, 0.717) is 17.8 Å². The van der Waals surface area contributed by atoms with E-state index < -0.39 is 5.97 Å². The Balaban J connectivity index is 1.83. The van der Waals surface area contributed by atoms with Crippen LogP contribution in [-0.4, -0.2) is 28.5 Å². The van der Waals surface area contributed by atoms with E-state index in [9.17, 15) is 9.59 Å². The van der Waals surface area contributed by atoms with Crippen molar-refractivity contribution in [3.8, 4) is 0 Å². The number of amides is 1. The Morgan fingerprint density at radius 3 is 2.65 bits per heavy atom. The molecule has 0 aliphatic rings. The molecule has 0 atom stereocenters. The number of hydrogen-bond donors (Lipinski definition) is 2. The number of rotatable bonds is 6. The molecule has 2 heterocycles. The maximum absolute atomic E-state index is 11.8. The van der Waals surface area contributed by atoms with Gasteiger partial charge in [0.1, 0.15) is 4.88 Å². The van der Waals surface area contributed by atoms with Crippen molar-refractivity contribution in [3.05, 3.63) is 38.0 Å². The second-order valence-corrected chi connectivity index (χ2v) is 6.33. The summed E-state index contributed by atoms with van der Waals surface area (Å²) < 4.78 is 0. The zero-order chi connectivity index (χ0) is 14.5. The number of carboxylic acids is 1. The van der Waals surface area contributed by atoms with E-state index in [2.05, 4.69) is 17.2 Å². The van der Waals surface area contributed by atoms with Crippen LogP contribution in [-0.2, 0) is 12.8 Å². The molecule has 20 heavy (non-hydrogen) atoms. The van der Waals surface area contributed by atoms with Crippen molar-refractivity contribution in [2.24, 2.45) is 0 Å². The molecule has 106 valence electrons. The molecule has 0 radical (unpaired) electrons. The lowest BCUT2D eigenvalue weighted by Crippen LogP contribution is -2.24. The summed E-state index contributed by atoms with van der Waals surface area (Å²) in [5.41, 5.74) is 0. The van der Waals surface area contributed by atoms with Gasteiger partial charge in [-0.1, -0.05) is 6.92 Å². The van der Waals surface area contributed by atoms with Crippen molar-refractivity contribution >= 4 is 34.6 Å². The number of aromatic nitrogens is 1. The molecule has 5 nitrogen and oxygen atoms in total. The SMILES string of the molecule is CCc1cnc(CCNC(=O)c2ccc(C(=O)O)s2)s1. The van der Waals surface area contributed by atoms with Crippen LogP contribution in [0.3, 0.4) is 0 Å². The molecule has 0 unspecified atom stereocenters. The Bertz CT molecular complexity index is 619. The molecule has 0 saturated heterocycles. The van der Waals surface area contributed by atoms with Gasteiger partial charge in [0.25, 0.3) is 5.91 Å². The van der Waals surface area contributed by atoms with Gasteiger partial charge in [-0.2, -0.15) is 0 Å². The molecule has 0 fully saturated rings. The molecule has 0 saturated carbocycles. The lowest BCUT2D eigenvalue weighted by molar-refractivity contribution is 0.0702. The molecule has 0 aromatic carbocycles. The van der Waals surface area contributed by atoms with Gasteiger partial charge in [-0.25, -0.2) is 9.78 Å². The summed E-state index contributed by atoms with van der Waals surface area (Å²) in [7, 11) is 0. The molecule has 2 N–H and O–H groups in total. The minimum absolute atomic E-state index is 0.169. The van der Waals surface area contributed by atoms with Gasteiger partial charge in [0.2, 0.25) is 0 Å². The summed E-state index contributed by atoms with van der Waals surface area (Å²) in [6, 6.07) is 2.97. The van der Waals surface area contributed by atoms with Gasteiger partial charge in [0.15, 0.2) is 0 Å². The first kappa shape index (κ1) is 14.7. The first-order valence-electron chi connectivity index (χ1n) is 6.15. The second kappa shape index (κ2) is 6.62. The number of nitrogens with zero attached hydrogens (tertiary/aromatic N) is 1. The maximum atomic E-state index is 11.8. The van der Waals surface area contributed by atoms with Gasteiger partial charge in [-0.05, 0) is 18.6 Å². The predicted octanol–water partition coefficient (Wildman–Crippen LogP) is 2.44. The number of aryl methyl sites for hydroxylation is 1. The third-order valence-corrected chi connectivity index (χ3v) is 4.89. The van der Waals surface area contributed by atoms with Crippen LogP contribution in [0.5, 0.6) is 0 Å². The number of carboxylic acid groups (broad SMARTS) is 1. The summed E-state index contributed by atoms with van der Waals surface area (Å²) in [6.07, 6.45) is 3.52. The van der Waals surface area contributed by atoms with Crippen LogP contribution in [0.15, 0.2) is 18.3 Å². The van der Waals surface area contributed by atoms with E-state index in [1.165, 1.54) is 17.0 Å². The van der Waals surface area contributed by atoms with Gasteiger partial charge < -0.3 is 10.4 Å². The zero-order valence-corrected chi connectivity index (χ0v) is 12.5. The van der Waals surface area contributed by atoms with E-state index in [4.69, 9.17) is 5.11 Å². The molecule has 0 bridgehead atoms. The van der Waals surface area contributed by atoms with Gasteiger partial charge in [0, 0.05) is 24.0 Å². The highest BCUT2D eigenvalue weighted by Crippen LogP contribution is 2.16. The summed E-state index contributed by atoms with van der Waals surface area (Å²) in [5, 5.41) is 12.6. The molecule has 2 aromatic heterocycles. The summed E-state index contributed by atoms with van der Waals surface area (Å²) >= 11 is 2.63. The summed E-state index contributed by atoms with van der Waals surface area (Å²) in [4.78, 5) is 28.7. The summed E-state index contributed by atoms with van der Waals surface area (Å²) in [5.74, 6) is -1.25. The molecular formula is C13H14N2O3S2. The van der Waals surface area contributed by atoms with Crippen molar-refractivity contribution in [2.75, 3.05) is 6.54 Å². The van der Waals surface area contributed by atoms with Crippen molar-refractivity contribution < 1.29 is 14.7 Å². The third-order valence-electron chi connectivity index (χ3n) is 2.61. The van der Waals surface area contributed by atoms with E-state index in [0.717, 1.165) is 22.8 Å². The van der Waals surface area contributed by atoms with Crippen LogP contribution in [0.4, 0.5) is 0 Å². The molecule has 2 aromatic rings. The molecule has 0 aliphatic heterocycles. The van der Waals surface area contributed by atoms with Crippen LogP contribution < -0.4 is 5.32 Å². The Kier molecular flexibility index (Phi) is 4.86. The van der Waals surface area contributed by atoms with Crippen LogP contribution >= 0.6 is 22.7 Å². The topological polar surface area (TPSA) is 79.3 Å². The molecule has 0 aliphatic carbocycles. The fourth-order valence-corrected chi connectivity index (χ4v) is 3.20. The Labute approximate surface area is 124 Å². The van der Waals surface area contributed by atoms with Gasteiger partial charge in [-0.3, -0.25) is 4.79 Å². The monoisotopic (exact) mass is 310 g/mol. The minimum Gasteiger partial charge on any atom is -0.477 e. The Hall–Kier alpha value is -1.73. The zero-order valence-electron chi connectivity index (χ0n) is 10.9. The molecule has 0 spiro atoms. The van der Waals surface area contributed by atoms with Crippen molar-refractivity contribution in [2.45, 2.75) is 19.8 Å². The lowest BCUT2D eigenvalue weighted by Gasteiger charge is -2.01. The average molecular weight is 310 g/mol. The maximum Gasteiger partial charge on any atom is 0.345 e. The number of thiazole rings is 1. The first-order valence-corrected chi connectivity index (χ1v) is 7.78. The van der Waals surface area contributed by atoms with Crippen LogP contribution in [0.2, 0.25) is 0 Å². The van der Waals surface area contributed by atoms with E-state index in [1.54, 1.807) is 11.3 Å². The Morgan fingerprint density at radius 2 is 2.05 bits per heavy atom. The minimum atomic E-state index is -1.01. The summed E-state index contributed by atoms with van der Waals surface area (Å²) in [6.45, 7) is 2.58. The first-order chi connectivity index (χ1) is 9.60. The normalized spacial score (nSPS) is 10.4. The van der Waals surface area contributed by atoms with Crippen LogP contribution in [0.25, 0.3) is 0 Å². The highest BCUT2D eigenvalue weighted by molar-refractivity contribution is 7.15. The quantitative estimate of drug-likeness (QED) is 0.859. The van der Waals surface area contributed by atoms with Crippen LogP contribution in [0, 0.1) is 0 Å². The average Bonchev–Trinajstić information content (AvgIpc) is 3.07. The second-order valence-electron chi connectivity index (χ2n) is 4.05. The number of hydrogen-bond acceptors (Lipinski definition) is 5. The van der Waals surface area contributed by atoms with E-state index in [1.807, 2.05) is 6.20 Å². The fourth-order valence-electron chi connectivity index (χ4n) is 1.57. The van der Waals surface area contributed by atoms with Crippen molar-refractivity contribution in [3.63, 3.8) is 0 Å². The van der Waals surface area contributed by atoms with E-state index >= 15 is 0 Å². The van der Waals surface area contributed by atoms with Crippen molar-refractivity contribution in [1.82, 2.24) is 10.3 Å². The molecule has 1 amide bonds. The highest BCUT2D eigenvalue weighted by Gasteiger charge is 2.12. The van der Waals surface area contributed by atoms with Gasteiger partial charge >= 0.3 is 5.97 Å². The molecule has 7 heteroatoms.